The summed E-state index contributed by atoms with van der Waals surface area (Å²) in [5.41, 5.74) is -0.113. The van der Waals surface area contributed by atoms with Crippen molar-refractivity contribution in [2.24, 2.45) is 0 Å². The number of nitrogens with one attached hydrogen (secondary N) is 1. The van der Waals surface area contributed by atoms with Crippen LogP contribution < -0.4 is 5.32 Å². The molecule has 1 unspecified atom stereocenters. The molecule has 0 spiro atoms. The zero-order valence-corrected chi connectivity index (χ0v) is 11.7. The molecule has 0 aliphatic carbocycles. The first-order chi connectivity index (χ1) is 9.47. The van der Waals surface area contributed by atoms with Crippen molar-refractivity contribution in [3.05, 3.63) is 11.9 Å². The molecule has 110 valence electrons. The van der Waals surface area contributed by atoms with Crippen molar-refractivity contribution in [2.75, 3.05) is 31.6 Å². The standard InChI is InChI=1S/C10H15N5O4S/c1-20(19)3-2-11-10(18)14-4-7(5-14)15-6-8(9(16)17)12-13-15/h6-7H,2-5H2,1H3,(H,11,18)(H,16,17). The zero-order valence-electron chi connectivity index (χ0n) is 10.9. The Morgan fingerprint density at radius 3 is 2.80 bits per heavy atom. The van der Waals surface area contributed by atoms with Gasteiger partial charge in [-0.3, -0.25) is 4.21 Å². The molecule has 1 aliphatic rings. The predicted octanol–water partition coefficient (Wildman–Crippen LogP) is -1.08. The van der Waals surface area contributed by atoms with E-state index >= 15 is 0 Å². The second-order valence-electron chi connectivity index (χ2n) is 4.46. The SMILES string of the molecule is CS(=O)CCNC(=O)N1CC(n2cc(C(=O)O)nn2)C1. The minimum absolute atomic E-state index is 0.0540. The molecular weight excluding hydrogens is 286 g/mol. The van der Waals surface area contributed by atoms with Gasteiger partial charge in [0.1, 0.15) is 0 Å². The monoisotopic (exact) mass is 301 g/mol. The molecule has 1 saturated heterocycles. The van der Waals surface area contributed by atoms with E-state index in [2.05, 4.69) is 15.6 Å². The fraction of sp³-hybridized carbons (Fsp3) is 0.600. The van der Waals surface area contributed by atoms with E-state index < -0.39 is 16.8 Å². The van der Waals surface area contributed by atoms with E-state index in [-0.39, 0.29) is 17.8 Å². The summed E-state index contributed by atoms with van der Waals surface area (Å²) in [7, 11) is -0.929. The molecule has 2 N–H and O–H groups in total. The number of carbonyl (C=O) groups is 2. The van der Waals surface area contributed by atoms with Crippen molar-refractivity contribution in [3.8, 4) is 0 Å². The summed E-state index contributed by atoms with van der Waals surface area (Å²) in [5.74, 6) is -0.702. The van der Waals surface area contributed by atoms with Crippen LogP contribution in [0, 0.1) is 0 Å². The van der Waals surface area contributed by atoms with Gasteiger partial charge in [-0.1, -0.05) is 5.21 Å². The molecular formula is C10H15N5O4S. The number of carbonyl (C=O) groups excluding carboxylic acids is 1. The minimum atomic E-state index is -1.13. The Labute approximate surface area is 117 Å². The van der Waals surface area contributed by atoms with Gasteiger partial charge in [0.2, 0.25) is 0 Å². The van der Waals surface area contributed by atoms with E-state index in [0.29, 0.717) is 25.4 Å². The first-order valence-corrected chi connectivity index (χ1v) is 7.68. The number of likely N-dealkylation sites (tertiary alicyclic amines) is 1. The van der Waals surface area contributed by atoms with Crippen LogP contribution in [0.15, 0.2) is 6.20 Å². The number of rotatable bonds is 5. The van der Waals surface area contributed by atoms with Crippen LogP contribution in [0.4, 0.5) is 4.79 Å². The van der Waals surface area contributed by atoms with Gasteiger partial charge in [0, 0.05) is 42.4 Å². The average molecular weight is 301 g/mol. The molecule has 2 amide bonds. The highest BCUT2D eigenvalue weighted by Gasteiger charge is 2.33. The van der Waals surface area contributed by atoms with Crippen molar-refractivity contribution in [1.82, 2.24) is 25.2 Å². The van der Waals surface area contributed by atoms with Crippen molar-refractivity contribution in [1.29, 1.82) is 0 Å². The lowest BCUT2D eigenvalue weighted by atomic mass is 10.1. The molecule has 10 heteroatoms. The highest BCUT2D eigenvalue weighted by Crippen LogP contribution is 2.20. The maximum atomic E-state index is 11.7. The Hall–Kier alpha value is -1.97. The van der Waals surface area contributed by atoms with Gasteiger partial charge in [-0.25, -0.2) is 14.3 Å². The summed E-state index contributed by atoms with van der Waals surface area (Å²) in [5, 5.41) is 18.6. The van der Waals surface area contributed by atoms with Crippen molar-refractivity contribution < 1.29 is 18.9 Å². The van der Waals surface area contributed by atoms with Gasteiger partial charge in [-0.05, 0) is 0 Å². The average Bonchev–Trinajstić information content (AvgIpc) is 2.75. The summed E-state index contributed by atoms with van der Waals surface area (Å²) in [6.07, 6.45) is 2.93. The highest BCUT2D eigenvalue weighted by molar-refractivity contribution is 7.84. The smallest absolute Gasteiger partial charge is 0.358 e. The summed E-state index contributed by atoms with van der Waals surface area (Å²) in [6, 6.07) is -0.271. The number of aromatic carboxylic acids is 1. The lowest BCUT2D eigenvalue weighted by Crippen LogP contribution is -2.54. The molecule has 0 aromatic carbocycles. The molecule has 9 nitrogen and oxygen atoms in total. The van der Waals surface area contributed by atoms with Gasteiger partial charge < -0.3 is 15.3 Å². The summed E-state index contributed by atoms with van der Waals surface area (Å²) in [6.45, 7) is 1.27. The topological polar surface area (TPSA) is 117 Å². The van der Waals surface area contributed by atoms with Crippen LogP contribution in [0.1, 0.15) is 16.5 Å². The first kappa shape index (κ1) is 14.4. The van der Waals surface area contributed by atoms with Gasteiger partial charge in [-0.15, -0.1) is 5.10 Å². The lowest BCUT2D eigenvalue weighted by molar-refractivity contribution is 0.0690. The molecule has 0 saturated carbocycles. The molecule has 0 bridgehead atoms. The Morgan fingerprint density at radius 2 is 2.25 bits per heavy atom. The van der Waals surface area contributed by atoms with Gasteiger partial charge in [-0.2, -0.15) is 0 Å². The number of aromatic nitrogens is 3. The molecule has 1 aromatic heterocycles. The molecule has 20 heavy (non-hydrogen) atoms. The Morgan fingerprint density at radius 1 is 1.55 bits per heavy atom. The number of amides is 2. The van der Waals surface area contributed by atoms with E-state index in [0.717, 1.165) is 0 Å². The maximum Gasteiger partial charge on any atom is 0.358 e. The number of urea groups is 1. The van der Waals surface area contributed by atoms with Crippen molar-refractivity contribution in [2.45, 2.75) is 6.04 Å². The zero-order chi connectivity index (χ0) is 14.7. The Balaban J connectivity index is 1.77. The second kappa shape index (κ2) is 5.99. The van der Waals surface area contributed by atoms with Crippen LogP contribution in [0.3, 0.4) is 0 Å². The molecule has 1 aromatic rings. The van der Waals surface area contributed by atoms with Crippen molar-refractivity contribution in [3.63, 3.8) is 0 Å². The predicted molar refractivity (Wildman–Crippen MR) is 69.9 cm³/mol. The van der Waals surface area contributed by atoms with Gasteiger partial charge >= 0.3 is 12.0 Å². The van der Waals surface area contributed by atoms with E-state index in [1.807, 2.05) is 0 Å². The number of carboxylic acids is 1. The number of nitrogens with zero attached hydrogens (tertiary/aromatic N) is 4. The third kappa shape index (κ3) is 3.32. The minimum Gasteiger partial charge on any atom is -0.476 e. The fourth-order valence-corrected chi connectivity index (χ4v) is 2.14. The van der Waals surface area contributed by atoms with Crippen LogP contribution in [0.25, 0.3) is 0 Å². The van der Waals surface area contributed by atoms with Crippen molar-refractivity contribution >= 4 is 22.8 Å². The Bertz CT molecular complexity index is 540. The molecule has 2 rings (SSSR count). The van der Waals surface area contributed by atoms with Crippen LogP contribution in [-0.4, -0.2) is 72.9 Å². The highest BCUT2D eigenvalue weighted by atomic mass is 32.2. The fourth-order valence-electron chi connectivity index (χ4n) is 1.76. The molecule has 1 atom stereocenters. The second-order valence-corrected chi connectivity index (χ2v) is 6.01. The third-order valence-corrected chi connectivity index (χ3v) is 3.70. The number of hydrogen-bond acceptors (Lipinski definition) is 5. The molecule has 1 fully saturated rings. The summed E-state index contributed by atoms with van der Waals surface area (Å²) < 4.78 is 12.3. The van der Waals surface area contributed by atoms with Crippen LogP contribution in [-0.2, 0) is 10.8 Å². The third-order valence-electron chi connectivity index (χ3n) is 2.92. The van der Waals surface area contributed by atoms with Crippen LogP contribution >= 0.6 is 0 Å². The Kier molecular flexibility index (Phi) is 4.32. The van der Waals surface area contributed by atoms with Crippen LogP contribution in [0.5, 0.6) is 0 Å². The summed E-state index contributed by atoms with van der Waals surface area (Å²) >= 11 is 0. The van der Waals surface area contributed by atoms with E-state index in [1.165, 1.54) is 10.9 Å². The van der Waals surface area contributed by atoms with Gasteiger partial charge in [0.15, 0.2) is 5.69 Å². The van der Waals surface area contributed by atoms with Gasteiger partial charge in [0.05, 0.1) is 12.2 Å². The quantitative estimate of drug-likeness (QED) is 0.714. The normalized spacial score (nSPS) is 16.6. The summed E-state index contributed by atoms with van der Waals surface area (Å²) in [4.78, 5) is 23.9. The molecule has 2 heterocycles. The number of hydrogen-bond donors (Lipinski definition) is 2. The van der Waals surface area contributed by atoms with E-state index in [4.69, 9.17) is 5.11 Å². The van der Waals surface area contributed by atoms with Gasteiger partial charge in [0.25, 0.3) is 0 Å². The molecule has 0 radical (unpaired) electrons. The molecule has 1 aliphatic heterocycles. The van der Waals surface area contributed by atoms with E-state index in [9.17, 15) is 13.8 Å². The van der Waals surface area contributed by atoms with E-state index in [1.54, 1.807) is 11.2 Å². The first-order valence-electron chi connectivity index (χ1n) is 5.95. The lowest BCUT2D eigenvalue weighted by Gasteiger charge is -2.38. The number of carboxylic acid groups (broad SMARTS) is 1. The largest absolute Gasteiger partial charge is 0.476 e. The van der Waals surface area contributed by atoms with Crippen LogP contribution in [0.2, 0.25) is 0 Å². The maximum absolute atomic E-state index is 11.7.